The van der Waals surface area contributed by atoms with Gasteiger partial charge in [0.2, 0.25) is 5.95 Å². The third-order valence-electron chi connectivity index (χ3n) is 6.99. The van der Waals surface area contributed by atoms with Gasteiger partial charge in [0.25, 0.3) is 0 Å². The Bertz CT molecular complexity index is 1140. The standard InChI is InChI=1S/C29H36FN5O/c1-21(2)20-36-27-11-7-23(8-12-27)17-31-29-32-18-24(16-22-5-9-25(30)10-6-22)28(33-29)35-15-14-34-13-3-4-26(34)19-35/h5-12,18,21,26H,3-4,13-17,19-20H2,1-2H3,(H,31,32,33). The van der Waals surface area contributed by atoms with E-state index in [-0.39, 0.29) is 5.82 Å². The van der Waals surface area contributed by atoms with Gasteiger partial charge < -0.3 is 15.0 Å². The van der Waals surface area contributed by atoms with Crippen molar-refractivity contribution in [1.29, 1.82) is 0 Å². The van der Waals surface area contributed by atoms with Gasteiger partial charge in [0.1, 0.15) is 17.4 Å². The first-order valence-corrected chi connectivity index (χ1v) is 13.1. The fourth-order valence-electron chi connectivity index (χ4n) is 5.03. The number of ether oxygens (including phenoxy) is 1. The SMILES string of the molecule is CC(C)COc1ccc(CNc2ncc(Cc3ccc(F)cc3)c(N3CCN4CCCC4C3)n2)cc1. The molecule has 1 atom stereocenters. The van der Waals surface area contributed by atoms with E-state index in [1.807, 2.05) is 30.5 Å². The summed E-state index contributed by atoms with van der Waals surface area (Å²) < 4.78 is 19.2. The van der Waals surface area contributed by atoms with Crippen LogP contribution in [0.25, 0.3) is 0 Å². The Labute approximate surface area is 213 Å². The van der Waals surface area contributed by atoms with Gasteiger partial charge in [-0.2, -0.15) is 4.98 Å². The molecule has 2 fully saturated rings. The fourth-order valence-corrected chi connectivity index (χ4v) is 5.03. The minimum Gasteiger partial charge on any atom is -0.493 e. The topological polar surface area (TPSA) is 53.5 Å². The van der Waals surface area contributed by atoms with E-state index in [9.17, 15) is 4.39 Å². The Kier molecular flexibility index (Phi) is 7.66. The molecule has 190 valence electrons. The minimum atomic E-state index is -0.216. The first kappa shape index (κ1) is 24.5. The third kappa shape index (κ3) is 6.13. The van der Waals surface area contributed by atoms with Crippen molar-refractivity contribution >= 4 is 11.8 Å². The number of halogens is 1. The predicted molar refractivity (Wildman–Crippen MR) is 142 cm³/mol. The second-order valence-electron chi connectivity index (χ2n) is 10.3. The van der Waals surface area contributed by atoms with E-state index >= 15 is 0 Å². The molecule has 0 spiro atoms. The molecule has 1 aromatic heterocycles. The van der Waals surface area contributed by atoms with Crippen LogP contribution in [0.3, 0.4) is 0 Å². The molecule has 0 saturated carbocycles. The molecule has 1 N–H and O–H groups in total. The van der Waals surface area contributed by atoms with Crippen LogP contribution in [0.2, 0.25) is 0 Å². The van der Waals surface area contributed by atoms with Gasteiger partial charge in [0.15, 0.2) is 0 Å². The Morgan fingerprint density at radius 2 is 1.81 bits per heavy atom. The summed E-state index contributed by atoms with van der Waals surface area (Å²) in [7, 11) is 0. The van der Waals surface area contributed by atoms with Gasteiger partial charge in [-0.05, 0) is 60.7 Å². The van der Waals surface area contributed by atoms with Gasteiger partial charge in [-0.3, -0.25) is 4.90 Å². The Morgan fingerprint density at radius 1 is 1.03 bits per heavy atom. The van der Waals surface area contributed by atoms with Gasteiger partial charge in [-0.1, -0.05) is 38.1 Å². The van der Waals surface area contributed by atoms with E-state index in [4.69, 9.17) is 9.72 Å². The zero-order chi connectivity index (χ0) is 24.9. The molecule has 7 heteroatoms. The average Bonchev–Trinajstić information content (AvgIpc) is 3.37. The van der Waals surface area contributed by atoms with Crippen molar-refractivity contribution in [3.05, 3.63) is 77.2 Å². The van der Waals surface area contributed by atoms with Gasteiger partial charge in [0.05, 0.1) is 6.61 Å². The van der Waals surface area contributed by atoms with Crippen LogP contribution in [0.1, 0.15) is 43.4 Å². The molecule has 1 unspecified atom stereocenters. The number of nitrogens with one attached hydrogen (secondary N) is 1. The Balaban J connectivity index is 1.31. The van der Waals surface area contributed by atoms with Crippen LogP contribution < -0.4 is 15.0 Å². The normalized spacial score (nSPS) is 17.9. The number of fused-ring (bicyclic) bond motifs is 1. The van der Waals surface area contributed by atoms with Gasteiger partial charge >= 0.3 is 0 Å². The molecule has 0 bridgehead atoms. The van der Waals surface area contributed by atoms with E-state index in [1.165, 1.54) is 31.5 Å². The molecular formula is C29H36FN5O. The van der Waals surface area contributed by atoms with Crippen LogP contribution in [0, 0.1) is 11.7 Å². The molecular weight excluding hydrogens is 453 g/mol. The van der Waals surface area contributed by atoms with Crippen LogP contribution in [-0.2, 0) is 13.0 Å². The van der Waals surface area contributed by atoms with Crippen molar-refractivity contribution in [1.82, 2.24) is 14.9 Å². The number of hydrogen-bond donors (Lipinski definition) is 1. The third-order valence-corrected chi connectivity index (χ3v) is 6.99. The summed E-state index contributed by atoms with van der Waals surface area (Å²) in [5, 5.41) is 3.41. The quantitative estimate of drug-likeness (QED) is 0.449. The molecule has 36 heavy (non-hydrogen) atoms. The fraction of sp³-hybridized carbons (Fsp3) is 0.448. The summed E-state index contributed by atoms with van der Waals surface area (Å²) in [4.78, 5) is 14.6. The summed E-state index contributed by atoms with van der Waals surface area (Å²) in [6.07, 6.45) is 5.13. The maximum atomic E-state index is 13.4. The first-order chi connectivity index (χ1) is 17.5. The van der Waals surface area contributed by atoms with Crippen molar-refractivity contribution in [3.8, 4) is 5.75 Å². The highest BCUT2D eigenvalue weighted by molar-refractivity contribution is 5.52. The Morgan fingerprint density at radius 3 is 2.58 bits per heavy atom. The highest BCUT2D eigenvalue weighted by Crippen LogP contribution is 2.28. The molecule has 2 aliphatic heterocycles. The van der Waals surface area contributed by atoms with Crippen LogP contribution in [0.4, 0.5) is 16.2 Å². The number of rotatable bonds is 9. The zero-order valence-electron chi connectivity index (χ0n) is 21.3. The lowest BCUT2D eigenvalue weighted by Crippen LogP contribution is -2.50. The number of aromatic nitrogens is 2. The molecule has 0 radical (unpaired) electrons. The second-order valence-corrected chi connectivity index (χ2v) is 10.3. The van der Waals surface area contributed by atoms with Gasteiger partial charge in [0, 0.05) is 50.4 Å². The molecule has 0 amide bonds. The number of anilines is 2. The summed E-state index contributed by atoms with van der Waals surface area (Å²) in [5.74, 6) is 2.79. The number of benzene rings is 2. The molecule has 6 nitrogen and oxygen atoms in total. The first-order valence-electron chi connectivity index (χ1n) is 13.1. The van der Waals surface area contributed by atoms with Crippen molar-refractivity contribution in [2.45, 2.75) is 45.7 Å². The van der Waals surface area contributed by atoms with E-state index in [0.29, 0.717) is 37.5 Å². The van der Waals surface area contributed by atoms with Crippen molar-refractivity contribution in [2.24, 2.45) is 5.92 Å². The smallest absolute Gasteiger partial charge is 0.224 e. The van der Waals surface area contributed by atoms with Crippen molar-refractivity contribution < 1.29 is 9.13 Å². The number of nitrogens with zero attached hydrogens (tertiary/aromatic N) is 4. The molecule has 3 heterocycles. The van der Waals surface area contributed by atoms with Gasteiger partial charge in [-0.25, -0.2) is 9.37 Å². The molecule has 2 aliphatic rings. The summed E-state index contributed by atoms with van der Waals surface area (Å²) in [6.45, 7) is 9.87. The highest BCUT2D eigenvalue weighted by Gasteiger charge is 2.32. The second kappa shape index (κ2) is 11.2. The maximum Gasteiger partial charge on any atom is 0.224 e. The highest BCUT2D eigenvalue weighted by atomic mass is 19.1. The number of hydrogen-bond acceptors (Lipinski definition) is 6. The predicted octanol–water partition coefficient (Wildman–Crippen LogP) is 5.14. The maximum absolute atomic E-state index is 13.4. The lowest BCUT2D eigenvalue weighted by molar-refractivity contribution is 0.230. The van der Waals surface area contributed by atoms with E-state index in [2.05, 4.69) is 46.1 Å². The molecule has 0 aliphatic carbocycles. The minimum absolute atomic E-state index is 0.216. The summed E-state index contributed by atoms with van der Waals surface area (Å²) >= 11 is 0. The van der Waals surface area contributed by atoms with Crippen LogP contribution in [-0.4, -0.2) is 53.7 Å². The van der Waals surface area contributed by atoms with Crippen LogP contribution in [0.15, 0.2) is 54.7 Å². The molecule has 5 rings (SSSR count). The van der Waals surface area contributed by atoms with E-state index in [0.717, 1.165) is 47.9 Å². The summed E-state index contributed by atoms with van der Waals surface area (Å²) in [6, 6.07) is 15.5. The molecule has 2 saturated heterocycles. The van der Waals surface area contributed by atoms with Crippen LogP contribution in [0.5, 0.6) is 5.75 Å². The molecule has 2 aromatic carbocycles. The van der Waals surface area contributed by atoms with E-state index < -0.39 is 0 Å². The van der Waals surface area contributed by atoms with E-state index in [1.54, 1.807) is 0 Å². The number of piperazine rings is 1. The monoisotopic (exact) mass is 489 g/mol. The van der Waals surface area contributed by atoms with Crippen LogP contribution >= 0.6 is 0 Å². The van der Waals surface area contributed by atoms with Crippen molar-refractivity contribution in [2.75, 3.05) is 43.0 Å². The lowest BCUT2D eigenvalue weighted by atomic mass is 10.1. The molecule has 3 aromatic rings. The van der Waals surface area contributed by atoms with Crippen molar-refractivity contribution in [3.63, 3.8) is 0 Å². The Hall–Kier alpha value is -3.19. The zero-order valence-corrected chi connectivity index (χ0v) is 21.3. The lowest BCUT2D eigenvalue weighted by Gasteiger charge is -2.38. The average molecular weight is 490 g/mol. The van der Waals surface area contributed by atoms with Gasteiger partial charge in [-0.15, -0.1) is 0 Å². The summed E-state index contributed by atoms with van der Waals surface area (Å²) in [5.41, 5.74) is 3.28. The largest absolute Gasteiger partial charge is 0.493 e.